The highest BCUT2D eigenvalue weighted by Gasteiger charge is 2.43. The number of anilines is 1. The van der Waals surface area contributed by atoms with Crippen molar-refractivity contribution in [3.05, 3.63) is 93.9 Å². The molecule has 2 heterocycles. The molecule has 0 aliphatic carbocycles. The molecule has 0 bridgehead atoms. The van der Waals surface area contributed by atoms with Gasteiger partial charge in [-0.05, 0) is 31.2 Å². The van der Waals surface area contributed by atoms with E-state index in [1.807, 2.05) is 6.07 Å². The summed E-state index contributed by atoms with van der Waals surface area (Å²) in [6.07, 6.45) is 2.94. The van der Waals surface area contributed by atoms with Crippen molar-refractivity contribution in [3.8, 4) is 0 Å². The summed E-state index contributed by atoms with van der Waals surface area (Å²) in [4.78, 5) is 23.9. The highest BCUT2D eigenvalue weighted by Crippen LogP contribution is 2.38. The first-order valence-electron chi connectivity index (χ1n) is 8.53. The summed E-state index contributed by atoms with van der Waals surface area (Å²) in [5, 5.41) is 20.1. The van der Waals surface area contributed by atoms with Gasteiger partial charge in [0.05, 0.1) is 23.0 Å². The number of nitro groups is 1. The minimum absolute atomic E-state index is 0.0678. The standard InChI is InChI=1S/C20H16N4O4/c1-20(14-6-4-7-15(12-14)24(26)27)22-18-10-3-2-9-17(18)19(25)23(20)21-13-16-8-5-11-28-16/h2-13,22H,1H3/b21-13+. The SMILES string of the molecule is CC1(c2cccc([N+](=O)[O-])c2)Nc2ccccc2C(=O)N1/N=C/c1ccco1. The van der Waals surface area contributed by atoms with E-state index in [9.17, 15) is 14.9 Å². The van der Waals surface area contributed by atoms with Gasteiger partial charge in [-0.2, -0.15) is 10.1 Å². The zero-order valence-electron chi connectivity index (χ0n) is 14.9. The fourth-order valence-corrected chi connectivity index (χ4v) is 3.17. The Hall–Kier alpha value is -3.94. The van der Waals surface area contributed by atoms with E-state index in [1.54, 1.807) is 49.4 Å². The Labute approximate surface area is 160 Å². The van der Waals surface area contributed by atoms with Crippen LogP contribution in [0.2, 0.25) is 0 Å². The quantitative estimate of drug-likeness (QED) is 0.422. The normalized spacial score (nSPS) is 18.8. The second kappa shape index (κ2) is 6.66. The molecule has 1 atom stereocenters. The molecule has 0 saturated heterocycles. The second-order valence-corrected chi connectivity index (χ2v) is 6.43. The lowest BCUT2D eigenvalue weighted by Gasteiger charge is -2.43. The van der Waals surface area contributed by atoms with E-state index in [2.05, 4.69) is 10.4 Å². The van der Waals surface area contributed by atoms with Gasteiger partial charge in [0, 0.05) is 23.4 Å². The number of hydrazone groups is 1. The number of hydrogen-bond acceptors (Lipinski definition) is 6. The number of nitrogens with one attached hydrogen (secondary N) is 1. The van der Waals surface area contributed by atoms with Gasteiger partial charge in [0.1, 0.15) is 5.76 Å². The summed E-state index contributed by atoms with van der Waals surface area (Å²) >= 11 is 0. The second-order valence-electron chi connectivity index (χ2n) is 6.43. The third kappa shape index (κ3) is 2.90. The van der Waals surface area contributed by atoms with E-state index in [0.717, 1.165) is 0 Å². The molecule has 3 aromatic rings. The predicted octanol–water partition coefficient (Wildman–Crippen LogP) is 3.96. The maximum Gasteiger partial charge on any atom is 0.278 e. The van der Waals surface area contributed by atoms with Crippen LogP contribution in [0.4, 0.5) is 11.4 Å². The third-order valence-electron chi connectivity index (χ3n) is 4.61. The minimum Gasteiger partial charge on any atom is -0.463 e. The Morgan fingerprint density at radius 1 is 1.18 bits per heavy atom. The lowest BCUT2D eigenvalue weighted by atomic mass is 9.95. The van der Waals surface area contributed by atoms with E-state index < -0.39 is 10.6 Å². The molecule has 1 N–H and O–H groups in total. The van der Waals surface area contributed by atoms with Crippen LogP contribution < -0.4 is 5.32 Å². The summed E-state index contributed by atoms with van der Waals surface area (Å²) in [5.41, 5.74) is 0.413. The van der Waals surface area contributed by atoms with Crippen molar-refractivity contribution in [2.24, 2.45) is 5.10 Å². The number of fused-ring (bicyclic) bond motifs is 1. The molecule has 0 spiro atoms. The van der Waals surface area contributed by atoms with Crippen LogP contribution >= 0.6 is 0 Å². The molecule has 1 aromatic heterocycles. The number of non-ortho nitro benzene ring substituents is 1. The van der Waals surface area contributed by atoms with Crippen LogP contribution in [0.25, 0.3) is 0 Å². The van der Waals surface area contributed by atoms with Crippen molar-refractivity contribution >= 4 is 23.5 Å². The Morgan fingerprint density at radius 3 is 2.75 bits per heavy atom. The fraction of sp³-hybridized carbons (Fsp3) is 0.100. The largest absolute Gasteiger partial charge is 0.463 e. The molecule has 2 aromatic carbocycles. The van der Waals surface area contributed by atoms with E-state index in [4.69, 9.17) is 4.42 Å². The first kappa shape index (κ1) is 17.5. The number of rotatable bonds is 4. The number of hydrogen-bond donors (Lipinski definition) is 1. The summed E-state index contributed by atoms with van der Waals surface area (Å²) in [5.74, 6) is 0.152. The highest BCUT2D eigenvalue weighted by atomic mass is 16.6. The average molecular weight is 376 g/mol. The smallest absolute Gasteiger partial charge is 0.278 e. The zero-order valence-corrected chi connectivity index (χ0v) is 14.9. The Bertz CT molecular complexity index is 1080. The number of para-hydroxylation sites is 1. The number of furan rings is 1. The molecule has 0 radical (unpaired) electrons. The Balaban J connectivity index is 1.85. The molecule has 0 fully saturated rings. The van der Waals surface area contributed by atoms with Crippen molar-refractivity contribution in [1.82, 2.24) is 5.01 Å². The summed E-state index contributed by atoms with van der Waals surface area (Å²) in [6, 6.07) is 16.6. The predicted molar refractivity (Wildman–Crippen MR) is 103 cm³/mol. The van der Waals surface area contributed by atoms with Crippen molar-refractivity contribution in [2.45, 2.75) is 12.6 Å². The number of nitrogens with zero attached hydrogens (tertiary/aromatic N) is 3. The molecule has 8 heteroatoms. The zero-order chi connectivity index (χ0) is 19.7. The number of benzene rings is 2. The minimum atomic E-state index is -1.14. The van der Waals surface area contributed by atoms with Crippen LogP contribution in [-0.4, -0.2) is 22.1 Å². The lowest BCUT2D eigenvalue weighted by molar-refractivity contribution is -0.385. The van der Waals surface area contributed by atoms with Gasteiger partial charge in [-0.15, -0.1) is 0 Å². The third-order valence-corrected chi connectivity index (χ3v) is 4.61. The van der Waals surface area contributed by atoms with Gasteiger partial charge < -0.3 is 9.73 Å². The van der Waals surface area contributed by atoms with Crippen molar-refractivity contribution < 1.29 is 14.1 Å². The van der Waals surface area contributed by atoms with Crippen LogP contribution in [0, 0.1) is 10.1 Å². The highest BCUT2D eigenvalue weighted by molar-refractivity contribution is 6.02. The van der Waals surface area contributed by atoms with Gasteiger partial charge >= 0.3 is 0 Å². The van der Waals surface area contributed by atoms with Crippen LogP contribution in [0.15, 0.2) is 76.4 Å². The molecule has 0 saturated carbocycles. The van der Waals surface area contributed by atoms with Crippen molar-refractivity contribution in [1.29, 1.82) is 0 Å². The van der Waals surface area contributed by atoms with Crippen LogP contribution in [0.5, 0.6) is 0 Å². The van der Waals surface area contributed by atoms with E-state index in [-0.39, 0.29) is 11.6 Å². The van der Waals surface area contributed by atoms with Crippen LogP contribution in [0.3, 0.4) is 0 Å². The number of carbonyl (C=O) groups excluding carboxylic acids is 1. The maximum absolute atomic E-state index is 13.2. The molecule has 1 amide bonds. The summed E-state index contributed by atoms with van der Waals surface area (Å²) in [7, 11) is 0. The van der Waals surface area contributed by atoms with Crippen molar-refractivity contribution in [3.63, 3.8) is 0 Å². The Morgan fingerprint density at radius 2 is 2.00 bits per heavy atom. The number of carbonyl (C=O) groups is 1. The maximum atomic E-state index is 13.2. The molecule has 8 nitrogen and oxygen atoms in total. The van der Waals surface area contributed by atoms with Gasteiger partial charge in [-0.1, -0.05) is 24.3 Å². The average Bonchev–Trinajstić information content (AvgIpc) is 3.21. The van der Waals surface area contributed by atoms with E-state index >= 15 is 0 Å². The first-order valence-corrected chi connectivity index (χ1v) is 8.53. The molecular weight excluding hydrogens is 360 g/mol. The molecule has 4 rings (SSSR count). The van der Waals surface area contributed by atoms with Gasteiger partial charge in [0.2, 0.25) is 0 Å². The summed E-state index contributed by atoms with van der Waals surface area (Å²) in [6.45, 7) is 1.75. The topological polar surface area (TPSA) is 101 Å². The van der Waals surface area contributed by atoms with Gasteiger partial charge in [0.15, 0.2) is 5.66 Å². The van der Waals surface area contributed by atoms with Crippen LogP contribution in [-0.2, 0) is 5.66 Å². The molecule has 28 heavy (non-hydrogen) atoms. The lowest BCUT2D eigenvalue weighted by Crippen LogP contribution is -2.53. The molecular formula is C20H16N4O4. The van der Waals surface area contributed by atoms with E-state index in [1.165, 1.54) is 29.6 Å². The molecule has 1 aliphatic heterocycles. The summed E-state index contributed by atoms with van der Waals surface area (Å²) < 4.78 is 5.26. The first-order chi connectivity index (χ1) is 13.5. The Kier molecular flexibility index (Phi) is 4.15. The monoisotopic (exact) mass is 376 g/mol. The van der Waals surface area contributed by atoms with Crippen molar-refractivity contribution in [2.75, 3.05) is 5.32 Å². The van der Waals surface area contributed by atoms with Crippen LogP contribution in [0.1, 0.15) is 28.6 Å². The number of nitro benzene ring substituents is 1. The molecule has 140 valence electrons. The van der Waals surface area contributed by atoms with Gasteiger partial charge in [-0.3, -0.25) is 14.9 Å². The molecule has 1 unspecified atom stereocenters. The van der Waals surface area contributed by atoms with E-state index in [0.29, 0.717) is 22.6 Å². The fourth-order valence-electron chi connectivity index (χ4n) is 3.17. The molecule has 1 aliphatic rings. The number of amides is 1. The van der Waals surface area contributed by atoms with Gasteiger partial charge in [-0.25, -0.2) is 0 Å². The van der Waals surface area contributed by atoms with Gasteiger partial charge in [0.25, 0.3) is 11.6 Å².